The molecule has 1 fully saturated rings. The number of carbonyl (C=O) groups excluding carboxylic acids is 1. The van der Waals surface area contributed by atoms with E-state index in [0.717, 1.165) is 0 Å². The van der Waals surface area contributed by atoms with E-state index in [1.165, 1.54) is 4.90 Å². The Morgan fingerprint density at radius 2 is 2.18 bits per heavy atom. The number of morpholine rings is 1. The predicted octanol–water partition coefficient (Wildman–Crippen LogP) is -0.748. The smallest absolute Gasteiger partial charge is 0.328 e. The van der Waals surface area contributed by atoms with Crippen LogP contribution >= 0.6 is 0 Å². The topological polar surface area (TPSA) is 99.1 Å². The summed E-state index contributed by atoms with van der Waals surface area (Å²) >= 11 is 0. The normalized spacial score (nSPS) is 20.8. The van der Waals surface area contributed by atoms with E-state index in [1.807, 2.05) is 13.8 Å². The SMILES string of the molecule is CC1(C)CN(C(=O)NC(CO)C(=O)O)CCO1. The third-order valence-electron chi connectivity index (χ3n) is 2.49. The Morgan fingerprint density at radius 3 is 2.65 bits per heavy atom. The first kappa shape index (κ1) is 13.7. The number of amides is 2. The van der Waals surface area contributed by atoms with E-state index in [-0.39, 0.29) is 0 Å². The molecule has 0 aromatic rings. The fourth-order valence-corrected chi connectivity index (χ4v) is 1.62. The number of nitrogens with zero attached hydrogens (tertiary/aromatic N) is 1. The molecule has 1 aliphatic rings. The molecule has 3 N–H and O–H groups in total. The van der Waals surface area contributed by atoms with E-state index < -0.39 is 30.3 Å². The van der Waals surface area contributed by atoms with E-state index in [0.29, 0.717) is 19.7 Å². The minimum Gasteiger partial charge on any atom is -0.480 e. The van der Waals surface area contributed by atoms with Gasteiger partial charge in [-0.2, -0.15) is 0 Å². The number of carbonyl (C=O) groups is 2. The van der Waals surface area contributed by atoms with Crippen LogP contribution in [0.15, 0.2) is 0 Å². The molecule has 1 atom stereocenters. The number of nitrogens with one attached hydrogen (secondary N) is 1. The zero-order valence-electron chi connectivity index (χ0n) is 9.97. The van der Waals surface area contributed by atoms with Crippen LogP contribution in [0.4, 0.5) is 4.79 Å². The number of hydrogen-bond donors (Lipinski definition) is 3. The number of ether oxygens (including phenoxy) is 1. The molecule has 0 spiro atoms. The Bertz CT molecular complexity index is 305. The molecule has 98 valence electrons. The second-order valence-electron chi connectivity index (χ2n) is 4.55. The summed E-state index contributed by atoms with van der Waals surface area (Å²) in [6, 6.07) is -1.77. The molecule has 1 saturated heterocycles. The van der Waals surface area contributed by atoms with Gasteiger partial charge in [0.1, 0.15) is 0 Å². The molecule has 1 heterocycles. The molecule has 7 heteroatoms. The van der Waals surface area contributed by atoms with Crippen molar-refractivity contribution in [1.82, 2.24) is 10.2 Å². The molecule has 7 nitrogen and oxygen atoms in total. The maximum atomic E-state index is 11.7. The molecule has 1 unspecified atom stereocenters. The van der Waals surface area contributed by atoms with E-state index in [1.54, 1.807) is 0 Å². The van der Waals surface area contributed by atoms with Crippen LogP contribution in [0.25, 0.3) is 0 Å². The van der Waals surface area contributed by atoms with Crippen molar-refractivity contribution in [2.45, 2.75) is 25.5 Å². The molecule has 1 rings (SSSR count). The van der Waals surface area contributed by atoms with Gasteiger partial charge in [-0.15, -0.1) is 0 Å². The lowest BCUT2D eigenvalue weighted by molar-refractivity contribution is -0.140. The van der Waals surface area contributed by atoms with E-state index in [2.05, 4.69) is 5.32 Å². The largest absolute Gasteiger partial charge is 0.480 e. The zero-order valence-corrected chi connectivity index (χ0v) is 9.97. The molecule has 17 heavy (non-hydrogen) atoms. The van der Waals surface area contributed by atoms with Crippen LogP contribution in [-0.4, -0.2) is 65.1 Å². The van der Waals surface area contributed by atoms with Gasteiger partial charge in [0.25, 0.3) is 0 Å². The van der Waals surface area contributed by atoms with Gasteiger partial charge in [-0.1, -0.05) is 0 Å². The number of carboxylic acids is 1. The van der Waals surface area contributed by atoms with Crippen molar-refractivity contribution in [3.05, 3.63) is 0 Å². The molecular weight excluding hydrogens is 228 g/mol. The predicted molar refractivity (Wildman–Crippen MR) is 58.6 cm³/mol. The van der Waals surface area contributed by atoms with Crippen LogP contribution in [0, 0.1) is 0 Å². The van der Waals surface area contributed by atoms with Gasteiger partial charge in [-0.3, -0.25) is 0 Å². The summed E-state index contributed by atoms with van der Waals surface area (Å²) in [5.74, 6) is -1.26. The van der Waals surface area contributed by atoms with Crippen LogP contribution in [0.1, 0.15) is 13.8 Å². The highest BCUT2D eigenvalue weighted by molar-refractivity contribution is 5.82. The summed E-state index contributed by atoms with van der Waals surface area (Å²) in [7, 11) is 0. The fraction of sp³-hybridized carbons (Fsp3) is 0.800. The van der Waals surface area contributed by atoms with Gasteiger partial charge >= 0.3 is 12.0 Å². The first-order chi connectivity index (χ1) is 7.85. The number of carboxylic acid groups (broad SMARTS) is 1. The summed E-state index contributed by atoms with van der Waals surface area (Å²) < 4.78 is 5.44. The summed E-state index contributed by atoms with van der Waals surface area (Å²) in [5, 5.41) is 19.8. The Morgan fingerprint density at radius 1 is 1.53 bits per heavy atom. The van der Waals surface area contributed by atoms with Crippen molar-refractivity contribution in [1.29, 1.82) is 0 Å². The van der Waals surface area contributed by atoms with Crippen molar-refractivity contribution in [3.63, 3.8) is 0 Å². The highest BCUT2D eigenvalue weighted by Gasteiger charge is 2.31. The molecular formula is C10H18N2O5. The van der Waals surface area contributed by atoms with Crippen LogP contribution in [0.5, 0.6) is 0 Å². The lowest BCUT2D eigenvalue weighted by Crippen LogP contribution is -2.56. The number of aliphatic carboxylic acids is 1. The first-order valence-corrected chi connectivity index (χ1v) is 5.39. The van der Waals surface area contributed by atoms with Gasteiger partial charge in [0.2, 0.25) is 0 Å². The Hall–Kier alpha value is -1.34. The molecule has 1 aliphatic heterocycles. The van der Waals surface area contributed by atoms with E-state index >= 15 is 0 Å². The second-order valence-corrected chi connectivity index (χ2v) is 4.55. The maximum Gasteiger partial charge on any atom is 0.328 e. The van der Waals surface area contributed by atoms with Crippen LogP contribution in [0.3, 0.4) is 0 Å². The van der Waals surface area contributed by atoms with Crippen molar-refractivity contribution in [3.8, 4) is 0 Å². The van der Waals surface area contributed by atoms with E-state index in [4.69, 9.17) is 14.9 Å². The lowest BCUT2D eigenvalue weighted by atomic mass is 10.1. The fourth-order valence-electron chi connectivity index (χ4n) is 1.62. The Balaban J connectivity index is 2.55. The molecule has 0 aromatic carbocycles. The van der Waals surface area contributed by atoms with E-state index in [9.17, 15) is 9.59 Å². The van der Waals surface area contributed by atoms with Crippen LogP contribution < -0.4 is 5.32 Å². The van der Waals surface area contributed by atoms with Crippen molar-refractivity contribution < 1.29 is 24.5 Å². The molecule has 0 aromatic heterocycles. The first-order valence-electron chi connectivity index (χ1n) is 5.39. The van der Waals surface area contributed by atoms with Gasteiger partial charge in [0, 0.05) is 6.54 Å². The highest BCUT2D eigenvalue weighted by atomic mass is 16.5. The number of aliphatic hydroxyl groups is 1. The number of aliphatic hydroxyl groups excluding tert-OH is 1. The molecule has 0 aliphatic carbocycles. The minimum atomic E-state index is -1.27. The van der Waals surface area contributed by atoms with Gasteiger partial charge < -0.3 is 25.2 Å². The summed E-state index contributed by atoms with van der Waals surface area (Å²) in [5.41, 5.74) is -0.437. The standard InChI is InChI=1S/C10H18N2O5/c1-10(2)6-12(3-4-17-10)9(16)11-7(5-13)8(14)15/h7,13H,3-6H2,1-2H3,(H,11,16)(H,14,15). The van der Waals surface area contributed by atoms with Gasteiger partial charge in [0.05, 0.1) is 25.4 Å². The average Bonchev–Trinajstić information content (AvgIpc) is 2.23. The number of hydrogen-bond acceptors (Lipinski definition) is 4. The summed E-state index contributed by atoms with van der Waals surface area (Å²) in [4.78, 5) is 23.9. The third-order valence-corrected chi connectivity index (χ3v) is 2.49. The lowest BCUT2D eigenvalue weighted by Gasteiger charge is -2.38. The van der Waals surface area contributed by atoms with Crippen molar-refractivity contribution >= 4 is 12.0 Å². The number of urea groups is 1. The maximum absolute atomic E-state index is 11.7. The molecule has 0 saturated carbocycles. The third kappa shape index (κ3) is 3.86. The summed E-state index contributed by atoms with van der Waals surface area (Å²) in [6.45, 7) is 4.29. The number of rotatable bonds is 3. The molecule has 0 bridgehead atoms. The zero-order chi connectivity index (χ0) is 13.1. The average molecular weight is 246 g/mol. The molecule has 0 radical (unpaired) electrons. The van der Waals surface area contributed by atoms with Gasteiger partial charge in [-0.25, -0.2) is 9.59 Å². The van der Waals surface area contributed by atoms with Crippen LogP contribution in [0.2, 0.25) is 0 Å². The Kier molecular flexibility index (Phi) is 4.30. The quantitative estimate of drug-likeness (QED) is 0.608. The monoisotopic (exact) mass is 246 g/mol. The minimum absolute atomic E-state index is 0.386. The van der Waals surface area contributed by atoms with Gasteiger partial charge in [-0.05, 0) is 13.8 Å². The summed E-state index contributed by atoms with van der Waals surface area (Å²) in [6.07, 6.45) is 0. The van der Waals surface area contributed by atoms with Gasteiger partial charge in [0.15, 0.2) is 6.04 Å². The highest BCUT2D eigenvalue weighted by Crippen LogP contribution is 2.16. The second kappa shape index (κ2) is 5.33. The molecule has 2 amide bonds. The van der Waals surface area contributed by atoms with Crippen molar-refractivity contribution in [2.24, 2.45) is 0 Å². The van der Waals surface area contributed by atoms with Crippen LogP contribution in [-0.2, 0) is 9.53 Å². The van der Waals surface area contributed by atoms with Crippen molar-refractivity contribution in [2.75, 3.05) is 26.3 Å². The Labute approximate surface area is 99.4 Å².